The summed E-state index contributed by atoms with van der Waals surface area (Å²) >= 11 is 0. The number of aryl methyl sites for hydroxylation is 2. The van der Waals surface area contributed by atoms with Crippen molar-refractivity contribution in [2.45, 2.75) is 32.7 Å². The van der Waals surface area contributed by atoms with E-state index in [0.29, 0.717) is 17.8 Å². The number of hydrogen-bond donors (Lipinski definition) is 1. The molecule has 1 fully saturated rings. The molecule has 1 amide bonds. The minimum Gasteiger partial charge on any atom is -0.369 e. The molecule has 0 radical (unpaired) electrons. The van der Waals surface area contributed by atoms with Crippen LogP contribution in [0.25, 0.3) is 0 Å². The van der Waals surface area contributed by atoms with Crippen LogP contribution in [0.15, 0.2) is 30.6 Å². The van der Waals surface area contributed by atoms with E-state index in [2.05, 4.69) is 10.3 Å². The molecular weight excluding hydrogens is 307 g/mol. The summed E-state index contributed by atoms with van der Waals surface area (Å²) in [5.74, 6) is 0.406. The standard InChI is InChI=1S/C18H23FN4O/c1-14-20-8-12-22(14)11-4-7-21-18(24)15-5-6-17(16(19)13-15)23-9-2-3-10-23/h5-6,8,12-13H,2-4,7,9-11H2,1H3,(H,21,24). The van der Waals surface area contributed by atoms with Crippen molar-refractivity contribution in [1.29, 1.82) is 0 Å². The van der Waals surface area contributed by atoms with Crippen molar-refractivity contribution in [1.82, 2.24) is 14.9 Å². The van der Waals surface area contributed by atoms with Crippen molar-refractivity contribution < 1.29 is 9.18 Å². The first kappa shape index (κ1) is 16.5. The number of aromatic nitrogens is 2. The fourth-order valence-corrected chi connectivity index (χ4v) is 3.06. The lowest BCUT2D eigenvalue weighted by Crippen LogP contribution is -2.26. The van der Waals surface area contributed by atoms with Crippen LogP contribution < -0.4 is 10.2 Å². The maximum atomic E-state index is 14.2. The van der Waals surface area contributed by atoms with E-state index in [0.717, 1.165) is 44.7 Å². The minimum atomic E-state index is -0.321. The molecule has 0 bridgehead atoms. The molecule has 0 aliphatic carbocycles. The van der Waals surface area contributed by atoms with E-state index in [-0.39, 0.29) is 11.7 Å². The predicted octanol–water partition coefficient (Wildman–Crippen LogP) is 2.75. The van der Waals surface area contributed by atoms with Gasteiger partial charge in [-0.05, 0) is 44.4 Å². The molecule has 1 N–H and O–H groups in total. The van der Waals surface area contributed by atoms with E-state index < -0.39 is 0 Å². The van der Waals surface area contributed by atoms with Crippen LogP contribution in [0.2, 0.25) is 0 Å². The first-order chi connectivity index (χ1) is 11.6. The van der Waals surface area contributed by atoms with Crippen LogP contribution in [0.5, 0.6) is 0 Å². The molecule has 24 heavy (non-hydrogen) atoms. The SMILES string of the molecule is Cc1nccn1CCCNC(=O)c1ccc(N2CCCC2)c(F)c1. The highest BCUT2D eigenvalue weighted by atomic mass is 19.1. The molecule has 2 aromatic rings. The molecule has 0 spiro atoms. The van der Waals surface area contributed by atoms with Crippen molar-refractivity contribution in [3.63, 3.8) is 0 Å². The molecule has 6 heteroatoms. The first-order valence-electron chi connectivity index (χ1n) is 8.45. The summed E-state index contributed by atoms with van der Waals surface area (Å²) in [6, 6.07) is 4.75. The molecule has 1 aromatic heterocycles. The van der Waals surface area contributed by atoms with Crippen molar-refractivity contribution in [3.05, 3.63) is 47.8 Å². The zero-order valence-electron chi connectivity index (χ0n) is 14.0. The quantitative estimate of drug-likeness (QED) is 0.829. The van der Waals surface area contributed by atoms with Gasteiger partial charge in [0.15, 0.2) is 0 Å². The third kappa shape index (κ3) is 3.75. The second-order valence-corrected chi connectivity index (χ2v) is 6.14. The van der Waals surface area contributed by atoms with Gasteiger partial charge in [0.25, 0.3) is 5.91 Å². The number of amides is 1. The number of anilines is 1. The lowest BCUT2D eigenvalue weighted by atomic mass is 10.1. The Kier molecular flexibility index (Phi) is 5.13. The van der Waals surface area contributed by atoms with Crippen LogP contribution in [0.3, 0.4) is 0 Å². The van der Waals surface area contributed by atoms with E-state index in [9.17, 15) is 9.18 Å². The van der Waals surface area contributed by atoms with Gasteiger partial charge in [-0.15, -0.1) is 0 Å². The minimum absolute atomic E-state index is 0.232. The molecule has 3 rings (SSSR count). The average Bonchev–Trinajstić information content (AvgIpc) is 3.23. The summed E-state index contributed by atoms with van der Waals surface area (Å²) in [5, 5.41) is 2.84. The molecule has 1 aliphatic heterocycles. The van der Waals surface area contributed by atoms with Crippen molar-refractivity contribution in [3.8, 4) is 0 Å². The second-order valence-electron chi connectivity index (χ2n) is 6.14. The smallest absolute Gasteiger partial charge is 0.251 e. The van der Waals surface area contributed by atoms with Crippen molar-refractivity contribution in [2.75, 3.05) is 24.5 Å². The summed E-state index contributed by atoms with van der Waals surface area (Å²) in [7, 11) is 0. The summed E-state index contributed by atoms with van der Waals surface area (Å²) in [5.41, 5.74) is 0.967. The number of rotatable bonds is 6. The van der Waals surface area contributed by atoms with Crippen LogP contribution in [0.1, 0.15) is 35.4 Å². The zero-order chi connectivity index (χ0) is 16.9. The van der Waals surface area contributed by atoms with Crippen LogP contribution in [0, 0.1) is 12.7 Å². The highest BCUT2D eigenvalue weighted by molar-refractivity contribution is 5.94. The van der Waals surface area contributed by atoms with E-state index in [1.807, 2.05) is 22.6 Å². The number of nitrogens with one attached hydrogen (secondary N) is 1. The number of nitrogens with zero attached hydrogens (tertiary/aromatic N) is 3. The Bertz CT molecular complexity index is 707. The Morgan fingerprint density at radius 3 is 2.79 bits per heavy atom. The Morgan fingerprint density at radius 1 is 1.33 bits per heavy atom. The average molecular weight is 330 g/mol. The van der Waals surface area contributed by atoms with Gasteiger partial charge in [-0.25, -0.2) is 9.37 Å². The van der Waals surface area contributed by atoms with Gasteiger partial charge in [0.05, 0.1) is 5.69 Å². The monoisotopic (exact) mass is 330 g/mol. The Morgan fingerprint density at radius 2 is 2.12 bits per heavy atom. The van der Waals surface area contributed by atoms with E-state index in [4.69, 9.17) is 0 Å². The van der Waals surface area contributed by atoms with Crippen LogP contribution in [0.4, 0.5) is 10.1 Å². The third-order valence-electron chi connectivity index (χ3n) is 4.44. The van der Waals surface area contributed by atoms with Gasteiger partial charge in [-0.2, -0.15) is 0 Å². The highest BCUT2D eigenvalue weighted by Gasteiger charge is 2.17. The summed E-state index contributed by atoms with van der Waals surface area (Å²) in [6.07, 6.45) is 6.68. The predicted molar refractivity (Wildman–Crippen MR) is 91.8 cm³/mol. The van der Waals surface area contributed by atoms with Crippen LogP contribution in [-0.4, -0.2) is 35.1 Å². The number of imidazole rings is 1. The van der Waals surface area contributed by atoms with E-state index >= 15 is 0 Å². The lowest BCUT2D eigenvalue weighted by Gasteiger charge is -2.18. The Labute approximate surface area is 141 Å². The van der Waals surface area contributed by atoms with Gasteiger partial charge in [-0.3, -0.25) is 4.79 Å². The van der Waals surface area contributed by atoms with Crippen molar-refractivity contribution >= 4 is 11.6 Å². The molecular formula is C18H23FN4O. The van der Waals surface area contributed by atoms with Gasteiger partial charge in [0, 0.05) is 44.1 Å². The van der Waals surface area contributed by atoms with Gasteiger partial charge >= 0.3 is 0 Å². The number of carbonyl (C=O) groups excluding carboxylic acids is 1. The number of carbonyl (C=O) groups is 1. The van der Waals surface area contributed by atoms with Gasteiger partial charge in [0.2, 0.25) is 0 Å². The molecule has 0 atom stereocenters. The summed E-state index contributed by atoms with van der Waals surface area (Å²) in [6.45, 7) is 5.07. The molecule has 128 valence electrons. The van der Waals surface area contributed by atoms with Crippen LogP contribution >= 0.6 is 0 Å². The number of benzene rings is 1. The van der Waals surface area contributed by atoms with Gasteiger partial charge in [0.1, 0.15) is 11.6 Å². The lowest BCUT2D eigenvalue weighted by molar-refractivity contribution is 0.0952. The fraction of sp³-hybridized carbons (Fsp3) is 0.444. The molecule has 5 nitrogen and oxygen atoms in total. The van der Waals surface area contributed by atoms with E-state index in [1.54, 1.807) is 18.3 Å². The van der Waals surface area contributed by atoms with E-state index in [1.165, 1.54) is 6.07 Å². The Balaban J connectivity index is 1.51. The molecule has 1 aliphatic rings. The van der Waals surface area contributed by atoms with Gasteiger partial charge < -0.3 is 14.8 Å². The Hall–Kier alpha value is -2.37. The number of hydrogen-bond acceptors (Lipinski definition) is 3. The summed E-state index contributed by atoms with van der Waals surface area (Å²) in [4.78, 5) is 18.3. The van der Waals surface area contributed by atoms with Gasteiger partial charge in [-0.1, -0.05) is 0 Å². The molecule has 1 saturated heterocycles. The molecule has 1 aromatic carbocycles. The highest BCUT2D eigenvalue weighted by Crippen LogP contribution is 2.24. The number of halogens is 1. The molecule has 0 saturated carbocycles. The normalized spacial score (nSPS) is 14.2. The summed E-state index contributed by atoms with van der Waals surface area (Å²) < 4.78 is 16.3. The third-order valence-corrected chi connectivity index (χ3v) is 4.44. The van der Waals surface area contributed by atoms with Crippen molar-refractivity contribution in [2.24, 2.45) is 0 Å². The largest absolute Gasteiger partial charge is 0.369 e. The first-order valence-corrected chi connectivity index (χ1v) is 8.45. The molecule has 0 unspecified atom stereocenters. The maximum Gasteiger partial charge on any atom is 0.251 e. The maximum absolute atomic E-state index is 14.2. The fourth-order valence-electron chi connectivity index (χ4n) is 3.06. The molecule has 2 heterocycles. The second kappa shape index (κ2) is 7.47. The van der Waals surface area contributed by atoms with Crippen LogP contribution in [-0.2, 0) is 6.54 Å². The topological polar surface area (TPSA) is 50.2 Å². The zero-order valence-corrected chi connectivity index (χ0v) is 14.0.